The first-order valence-electron chi connectivity index (χ1n) is 7.70. The first kappa shape index (κ1) is 30.7. The molecule has 0 aromatic carbocycles. The summed E-state index contributed by atoms with van der Waals surface area (Å²) >= 11 is 0. The van der Waals surface area contributed by atoms with E-state index in [4.69, 9.17) is 14.6 Å². The molecule has 0 rings (SSSR count). The molecule has 148 valence electrons. The van der Waals surface area contributed by atoms with Gasteiger partial charge in [-0.15, -0.1) is 0 Å². The Morgan fingerprint density at radius 2 is 1.42 bits per heavy atom. The third-order valence-corrected chi connectivity index (χ3v) is 2.95. The number of nitrogens with zero attached hydrogens (tertiary/aromatic N) is 1. The average Bonchev–Trinajstić information content (AvgIpc) is 2.46. The summed E-state index contributed by atoms with van der Waals surface area (Å²) in [5.74, 6) is -0.552. The maximum Gasteiger partial charge on any atom is 0.307 e. The monoisotopic (exact) mass is 351 g/mol. The fourth-order valence-electron chi connectivity index (χ4n) is 1.79. The smallest absolute Gasteiger partial charge is 0.307 e. The van der Waals surface area contributed by atoms with E-state index in [1.165, 1.54) is 0 Å². The van der Waals surface area contributed by atoms with E-state index < -0.39 is 0 Å². The average molecular weight is 352 g/mol. The van der Waals surface area contributed by atoms with E-state index in [9.17, 15) is 9.59 Å². The summed E-state index contributed by atoms with van der Waals surface area (Å²) in [6.45, 7) is 4.10. The second-order valence-electron chi connectivity index (χ2n) is 5.03. The zero-order valence-corrected chi connectivity index (χ0v) is 13.3. The standard InChI is InChI=1S/C15H29NO5.3CH4/c1-3-9-16(2)10-8-15(19)21-13-12-20-14(18)7-5-4-6-11-17;;;/h17H,3-13H2,1-2H3;3*1H4. The Kier molecular flexibility index (Phi) is 28.0. The highest BCUT2D eigenvalue weighted by atomic mass is 16.6. The number of esters is 2. The molecule has 0 radical (unpaired) electrons. The largest absolute Gasteiger partial charge is 0.462 e. The Morgan fingerprint density at radius 1 is 0.875 bits per heavy atom. The van der Waals surface area contributed by atoms with Gasteiger partial charge in [0.05, 0.1) is 6.42 Å². The fraction of sp³-hybridized carbons (Fsp3) is 0.889. The van der Waals surface area contributed by atoms with E-state index in [0.29, 0.717) is 32.2 Å². The number of hydrogen-bond acceptors (Lipinski definition) is 6. The van der Waals surface area contributed by atoms with Gasteiger partial charge < -0.3 is 19.5 Å². The van der Waals surface area contributed by atoms with E-state index in [0.717, 1.165) is 19.4 Å². The van der Waals surface area contributed by atoms with Crippen molar-refractivity contribution in [2.45, 2.75) is 67.7 Å². The van der Waals surface area contributed by atoms with Crippen molar-refractivity contribution in [3.8, 4) is 0 Å². The number of hydrogen-bond donors (Lipinski definition) is 1. The molecule has 24 heavy (non-hydrogen) atoms. The van der Waals surface area contributed by atoms with Gasteiger partial charge in [0.15, 0.2) is 0 Å². The van der Waals surface area contributed by atoms with Crippen LogP contribution >= 0.6 is 0 Å². The second kappa shape index (κ2) is 21.9. The van der Waals surface area contributed by atoms with Gasteiger partial charge in [0.25, 0.3) is 0 Å². The number of ether oxygens (including phenoxy) is 2. The minimum Gasteiger partial charge on any atom is -0.462 e. The van der Waals surface area contributed by atoms with Crippen molar-refractivity contribution in [1.29, 1.82) is 0 Å². The van der Waals surface area contributed by atoms with Crippen LogP contribution < -0.4 is 0 Å². The molecule has 0 saturated heterocycles. The van der Waals surface area contributed by atoms with Crippen molar-refractivity contribution < 1.29 is 24.2 Å². The van der Waals surface area contributed by atoms with Crippen molar-refractivity contribution >= 4 is 11.9 Å². The first-order valence-corrected chi connectivity index (χ1v) is 7.70. The summed E-state index contributed by atoms with van der Waals surface area (Å²) in [5, 5.41) is 8.60. The topological polar surface area (TPSA) is 76.1 Å². The molecule has 0 aromatic rings. The van der Waals surface area contributed by atoms with Crippen LogP contribution in [0.3, 0.4) is 0 Å². The SMILES string of the molecule is C.C.C.CCCN(C)CCC(=O)OCCOC(=O)CCCCCO. The molecule has 0 fully saturated rings. The molecule has 6 heteroatoms. The van der Waals surface area contributed by atoms with Gasteiger partial charge in [-0.05, 0) is 32.9 Å². The lowest BCUT2D eigenvalue weighted by Gasteiger charge is -2.14. The number of aliphatic hydroxyl groups is 1. The number of rotatable bonds is 13. The van der Waals surface area contributed by atoms with Crippen LogP contribution in [0.2, 0.25) is 0 Å². The van der Waals surface area contributed by atoms with Crippen LogP contribution in [0.1, 0.15) is 67.7 Å². The predicted molar refractivity (Wildman–Crippen MR) is 100 cm³/mol. The van der Waals surface area contributed by atoms with Gasteiger partial charge in [-0.3, -0.25) is 9.59 Å². The molecule has 0 bridgehead atoms. The highest BCUT2D eigenvalue weighted by Gasteiger charge is 2.06. The summed E-state index contributed by atoms with van der Waals surface area (Å²) in [6, 6.07) is 0. The van der Waals surface area contributed by atoms with Crippen LogP contribution in [0.5, 0.6) is 0 Å². The molecular weight excluding hydrogens is 310 g/mol. The lowest BCUT2D eigenvalue weighted by molar-refractivity contribution is -0.152. The Morgan fingerprint density at radius 3 is 1.92 bits per heavy atom. The first-order chi connectivity index (χ1) is 10.1. The van der Waals surface area contributed by atoms with Gasteiger partial charge in [-0.2, -0.15) is 0 Å². The molecule has 0 amide bonds. The van der Waals surface area contributed by atoms with Gasteiger partial charge in [-0.25, -0.2) is 0 Å². The van der Waals surface area contributed by atoms with Crippen molar-refractivity contribution in [2.24, 2.45) is 0 Å². The normalized spacial score (nSPS) is 9.33. The highest BCUT2D eigenvalue weighted by molar-refractivity contribution is 5.70. The van der Waals surface area contributed by atoms with Gasteiger partial charge in [0.1, 0.15) is 13.2 Å². The van der Waals surface area contributed by atoms with Gasteiger partial charge in [0.2, 0.25) is 0 Å². The zero-order valence-electron chi connectivity index (χ0n) is 13.3. The van der Waals surface area contributed by atoms with Crippen LogP contribution in [-0.4, -0.2) is 61.9 Å². The van der Waals surface area contributed by atoms with Crippen molar-refractivity contribution in [3.63, 3.8) is 0 Å². The Labute approximate surface area is 149 Å². The predicted octanol–water partition coefficient (Wildman–Crippen LogP) is 3.27. The molecule has 0 atom stereocenters. The Balaban J connectivity index is -0.000000667. The Bertz CT molecular complexity index is 285. The van der Waals surface area contributed by atoms with Gasteiger partial charge in [-0.1, -0.05) is 35.6 Å². The van der Waals surface area contributed by atoms with Crippen molar-refractivity contribution in [3.05, 3.63) is 0 Å². The molecule has 6 nitrogen and oxygen atoms in total. The third kappa shape index (κ3) is 20.9. The summed E-state index contributed by atoms with van der Waals surface area (Å²) in [5.41, 5.74) is 0. The minimum absolute atomic E-state index is 0. The van der Waals surface area contributed by atoms with Crippen LogP contribution in [0.25, 0.3) is 0 Å². The van der Waals surface area contributed by atoms with Crippen LogP contribution in [0.4, 0.5) is 0 Å². The van der Waals surface area contributed by atoms with Gasteiger partial charge >= 0.3 is 11.9 Å². The lowest BCUT2D eigenvalue weighted by Crippen LogP contribution is -2.24. The molecule has 0 aliphatic carbocycles. The fourth-order valence-corrected chi connectivity index (χ4v) is 1.79. The Hall–Kier alpha value is -1.14. The van der Waals surface area contributed by atoms with Crippen molar-refractivity contribution in [2.75, 3.05) is 40.0 Å². The maximum absolute atomic E-state index is 11.4. The summed E-state index contributed by atoms with van der Waals surface area (Å²) in [4.78, 5) is 24.8. The molecule has 0 saturated carbocycles. The number of aliphatic hydroxyl groups excluding tert-OH is 1. The zero-order chi connectivity index (χ0) is 15.9. The molecule has 0 aliphatic rings. The molecular formula is C18H41NO5. The second-order valence-corrected chi connectivity index (χ2v) is 5.03. The quantitative estimate of drug-likeness (QED) is 0.405. The third-order valence-electron chi connectivity index (χ3n) is 2.95. The lowest BCUT2D eigenvalue weighted by atomic mass is 10.2. The van der Waals surface area contributed by atoms with E-state index in [-0.39, 0.29) is 54.0 Å². The summed E-state index contributed by atoms with van der Waals surface area (Å²) in [6.07, 6.45) is 3.98. The maximum atomic E-state index is 11.4. The van der Waals surface area contributed by atoms with E-state index in [1.807, 2.05) is 7.05 Å². The molecule has 0 heterocycles. The molecule has 0 spiro atoms. The van der Waals surface area contributed by atoms with E-state index in [2.05, 4.69) is 11.8 Å². The van der Waals surface area contributed by atoms with E-state index >= 15 is 0 Å². The molecule has 0 aromatic heterocycles. The van der Waals surface area contributed by atoms with Crippen molar-refractivity contribution in [1.82, 2.24) is 4.90 Å². The molecule has 0 unspecified atom stereocenters. The van der Waals surface area contributed by atoms with Crippen LogP contribution in [0, 0.1) is 0 Å². The van der Waals surface area contributed by atoms with Crippen LogP contribution in [-0.2, 0) is 19.1 Å². The van der Waals surface area contributed by atoms with Crippen LogP contribution in [0.15, 0.2) is 0 Å². The number of carbonyl (C=O) groups is 2. The number of carbonyl (C=O) groups excluding carboxylic acids is 2. The summed E-state index contributed by atoms with van der Waals surface area (Å²) < 4.78 is 9.94. The summed E-state index contributed by atoms with van der Waals surface area (Å²) in [7, 11) is 1.97. The number of unbranched alkanes of at least 4 members (excludes halogenated alkanes) is 2. The van der Waals surface area contributed by atoms with E-state index in [1.54, 1.807) is 0 Å². The van der Waals surface area contributed by atoms with Gasteiger partial charge in [0, 0.05) is 19.6 Å². The molecule has 1 N–H and O–H groups in total. The minimum atomic E-state index is -0.285. The molecule has 0 aliphatic heterocycles. The highest BCUT2D eigenvalue weighted by Crippen LogP contribution is 2.00.